The molecule has 0 bridgehead atoms. The van der Waals surface area contributed by atoms with E-state index in [-0.39, 0.29) is 36.2 Å². The van der Waals surface area contributed by atoms with Crippen LogP contribution in [0.1, 0.15) is 10.4 Å². The number of hydrogen-bond acceptors (Lipinski definition) is 5. The van der Waals surface area contributed by atoms with Crippen molar-refractivity contribution in [2.45, 2.75) is 6.10 Å². The third kappa shape index (κ3) is 3.02. The van der Waals surface area contributed by atoms with Gasteiger partial charge in [0.15, 0.2) is 5.84 Å². The second-order valence-electron chi connectivity index (χ2n) is 4.30. The fourth-order valence-corrected chi connectivity index (χ4v) is 2.28. The van der Waals surface area contributed by atoms with Crippen LogP contribution in [0.15, 0.2) is 27.8 Å². The zero-order valence-corrected chi connectivity index (χ0v) is 12.1. The highest BCUT2D eigenvalue weighted by Crippen LogP contribution is 2.24. The predicted molar refractivity (Wildman–Crippen MR) is 74.9 cm³/mol. The summed E-state index contributed by atoms with van der Waals surface area (Å²) in [6.45, 7) is 0.831. The summed E-state index contributed by atoms with van der Waals surface area (Å²) in [4.78, 5) is 13.8. The Morgan fingerprint density at radius 3 is 2.95 bits per heavy atom. The van der Waals surface area contributed by atoms with Crippen LogP contribution in [0.25, 0.3) is 0 Å². The molecular formula is C12H14BrN3O4. The summed E-state index contributed by atoms with van der Waals surface area (Å²) < 4.78 is 6.00. The zero-order valence-electron chi connectivity index (χ0n) is 10.5. The quantitative estimate of drug-likeness (QED) is 0.317. The maximum atomic E-state index is 12.3. The Balaban J connectivity index is 2.16. The first kappa shape index (κ1) is 14.6. The Labute approximate surface area is 123 Å². The first-order chi connectivity index (χ1) is 9.52. The van der Waals surface area contributed by atoms with Gasteiger partial charge in [-0.1, -0.05) is 21.1 Å². The lowest BCUT2D eigenvalue weighted by Gasteiger charge is -2.32. The number of carbonyl (C=O) groups is 1. The molecule has 0 aliphatic carbocycles. The standard InChI is InChI=1S/C12H14BrN3O4/c13-7-1-2-8(9(17)5-7)12(18)16-3-4-20-10(6-16)11(14)15-19/h1-2,5,10,17,19H,3-4,6H2,(H2,14,15). The Hall–Kier alpha value is -1.80. The molecule has 20 heavy (non-hydrogen) atoms. The molecule has 0 saturated carbocycles. The van der Waals surface area contributed by atoms with Gasteiger partial charge < -0.3 is 25.7 Å². The molecule has 7 nitrogen and oxygen atoms in total. The van der Waals surface area contributed by atoms with Crippen molar-refractivity contribution in [2.75, 3.05) is 19.7 Å². The van der Waals surface area contributed by atoms with Crippen LogP contribution >= 0.6 is 15.9 Å². The number of benzene rings is 1. The van der Waals surface area contributed by atoms with E-state index in [4.69, 9.17) is 15.7 Å². The summed E-state index contributed by atoms with van der Waals surface area (Å²) in [6.07, 6.45) is -0.643. The molecule has 1 heterocycles. The summed E-state index contributed by atoms with van der Waals surface area (Å²) in [6, 6.07) is 4.67. The molecule has 4 N–H and O–H groups in total. The minimum Gasteiger partial charge on any atom is -0.507 e. The SMILES string of the molecule is NC(=NO)C1CN(C(=O)c2ccc(Br)cc2O)CCO1. The largest absolute Gasteiger partial charge is 0.507 e. The van der Waals surface area contributed by atoms with Gasteiger partial charge in [-0.2, -0.15) is 0 Å². The van der Waals surface area contributed by atoms with Crippen molar-refractivity contribution in [1.82, 2.24) is 4.90 Å². The molecule has 1 amide bonds. The molecule has 0 aromatic heterocycles. The highest BCUT2D eigenvalue weighted by molar-refractivity contribution is 9.10. The summed E-state index contributed by atoms with van der Waals surface area (Å²) >= 11 is 3.21. The maximum absolute atomic E-state index is 12.3. The number of carbonyl (C=O) groups excluding carboxylic acids is 1. The molecule has 1 aromatic rings. The van der Waals surface area contributed by atoms with E-state index in [2.05, 4.69) is 21.1 Å². The number of halogens is 1. The average molecular weight is 344 g/mol. The van der Waals surface area contributed by atoms with Gasteiger partial charge in [-0.3, -0.25) is 4.79 Å². The molecule has 1 aromatic carbocycles. The Kier molecular flexibility index (Phi) is 4.46. The number of phenolic OH excluding ortho intramolecular Hbond substituents is 1. The topological polar surface area (TPSA) is 108 Å². The lowest BCUT2D eigenvalue weighted by Crippen LogP contribution is -2.50. The van der Waals surface area contributed by atoms with E-state index in [9.17, 15) is 9.90 Å². The fraction of sp³-hybridized carbons (Fsp3) is 0.333. The third-order valence-corrected chi connectivity index (χ3v) is 3.48. The van der Waals surface area contributed by atoms with Gasteiger partial charge in [-0.15, -0.1) is 0 Å². The average Bonchev–Trinajstić information content (AvgIpc) is 2.46. The number of phenols is 1. The van der Waals surface area contributed by atoms with E-state index in [1.54, 1.807) is 6.07 Å². The molecule has 1 unspecified atom stereocenters. The van der Waals surface area contributed by atoms with Crippen LogP contribution in [-0.2, 0) is 4.74 Å². The smallest absolute Gasteiger partial charge is 0.257 e. The van der Waals surface area contributed by atoms with Crippen LogP contribution in [0.5, 0.6) is 5.75 Å². The van der Waals surface area contributed by atoms with Gasteiger partial charge >= 0.3 is 0 Å². The fourth-order valence-electron chi connectivity index (χ4n) is 1.93. The van der Waals surface area contributed by atoms with Crippen LogP contribution in [0, 0.1) is 0 Å². The van der Waals surface area contributed by atoms with E-state index < -0.39 is 6.10 Å². The van der Waals surface area contributed by atoms with Crippen molar-refractivity contribution in [2.24, 2.45) is 10.9 Å². The van der Waals surface area contributed by atoms with Gasteiger partial charge in [0.25, 0.3) is 5.91 Å². The molecular weight excluding hydrogens is 330 g/mol. The Morgan fingerprint density at radius 2 is 2.30 bits per heavy atom. The van der Waals surface area contributed by atoms with E-state index in [0.29, 0.717) is 11.0 Å². The lowest BCUT2D eigenvalue weighted by molar-refractivity contribution is 0.00662. The maximum Gasteiger partial charge on any atom is 0.257 e. The number of rotatable bonds is 2. The molecule has 0 spiro atoms. The molecule has 1 aliphatic rings. The second-order valence-corrected chi connectivity index (χ2v) is 5.21. The van der Waals surface area contributed by atoms with E-state index in [1.807, 2.05) is 0 Å². The molecule has 1 atom stereocenters. The van der Waals surface area contributed by atoms with Crippen molar-refractivity contribution < 1.29 is 19.8 Å². The van der Waals surface area contributed by atoms with Gasteiger partial charge in [0.1, 0.15) is 11.9 Å². The molecule has 1 saturated heterocycles. The number of nitrogens with zero attached hydrogens (tertiary/aromatic N) is 2. The predicted octanol–water partition coefficient (Wildman–Crippen LogP) is 0.742. The van der Waals surface area contributed by atoms with E-state index in [0.717, 1.165) is 0 Å². The summed E-state index contributed by atoms with van der Waals surface area (Å²) in [5.74, 6) is -0.507. The lowest BCUT2D eigenvalue weighted by atomic mass is 10.1. The number of nitrogens with two attached hydrogens (primary N) is 1. The van der Waals surface area contributed by atoms with Crippen molar-refractivity contribution in [3.8, 4) is 5.75 Å². The van der Waals surface area contributed by atoms with Crippen LogP contribution in [0.2, 0.25) is 0 Å². The van der Waals surface area contributed by atoms with Crippen molar-refractivity contribution in [1.29, 1.82) is 0 Å². The number of oxime groups is 1. The minimum atomic E-state index is -0.643. The van der Waals surface area contributed by atoms with E-state index >= 15 is 0 Å². The van der Waals surface area contributed by atoms with Gasteiger partial charge in [0.2, 0.25) is 0 Å². The highest BCUT2D eigenvalue weighted by atomic mass is 79.9. The number of hydrogen-bond donors (Lipinski definition) is 3. The number of amides is 1. The minimum absolute atomic E-state index is 0.0810. The second kappa shape index (κ2) is 6.10. The molecule has 1 aliphatic heterocycles. The highest BCUT2D eigenvalue weighted by Gasteiger charge is 2.28. The molecule has 8 heteroatoms. The normalized spacial score (nSPS) is 19.9. The van der Waals surface area contributed by atoms with Crippen molar-refractivity contribution >= 4 is 27.7 Å². The Bertz CT molecular complexity index is 550. The summed E-state index contributed by atoms with van der Waals surface area (Å²) in [5, 5.41) is 21.3. The van der Waals surface area contributed by atoms with Crippen molar-refractivity contribution in [3.05, 3.63) is 28.2 Å². The van der Waals surface area contributed by atoms with Gasteiger partial charge in [0.05, 0.1) is 18.7 Å². The Morgan fingerprint density at radius 1 is 1.55 bits per heavy atom. The third-order valence-electron chi connectivity index (χ3n) is 2.99. The van der Waals surface area contributed by atoms with Crippen molar-refractivity contribution in [3.63, 3.8) is 0 Å². The van der Waals surface area contributed by atoms with Crippen LogP contribution in [-0.4, -0.2) is 52.8 Å². The zero-order chi connectivity index (χ0) is 14.7. The molecule has 108 valence electrons. The van der Waals surface area contributed by atoms with Crippen LogP contribution < -0.4 is 5.73 Å². The number of morpholine rings is 1. The van der Waals surface area contributed by atoms with Crippen LogP contribution in [0.3, 0.4) is 0 Å². The first-order valence-electron chi connectivity index (χ1n) is 5.89. The van der Waals surface area contributed by atoms with Crippen LogP contribution in [0.4, 0.5) is 0 Å². The molecule has 0 radical (unpaired) electrons. The van der Waals surface area contributed by atoms with Gasteiger partial charge in [-0.25, -0.2) is 0 Å². The molecule has 1 fully saturated rings. The summed E-state index contributed by atoms with van der Waals surface area (Å²) in [5.41, 5.74) is 5.68. The number of amidine groups is 1. The van der Waals surface area contributed by atoms with Gasteiger partial charge in [0, 0.05) is 11.0 Å². The monoisotopic (exact) mass is 343 g/mol. The van der Waals surface area contributed by atoms with E-state index in [1.165, 1.54) is 17.0 Å². The first-order valence-corrected chi connectivity index (χ1v) is 6.69. The molecule has 2 rings (SSSR count). The van der Waals surface area contributed by atoms with Gasteiger partial charge in [-0.05, 0) is 18.2 Å². The number of aromatic hydroxyl groups is 1. The summed E-state index contributed by atoms with van der Waals surface area (Å²) in [7, 11) is 0. The number of ether oxygens (including phenoxy) is 1.